The lowest BCUT2D eigenvalue weighted by Gasteiger charge is -2.29. The summed E-state index contributed by atoms with van der Waals surface area (Å²) < 4.78 is 6.95. The molecule has 154 valence electrons. The number of ether oxygens (including phenoxy) is 1. The highest BCUT2D eigenvalue weighted by Crippen LogP contribution is 2.28. The second-order valence-corrected chi connectivity index (χ2v) is 7.79. The molecule has 2 aliphatic rings. The molecule has 1 aromatic heterocycles. The molecule has 0 bridgehead atoms. The zero-order chi connectivity index (χ0) is 20.2. The molecule has 1 aliphatic heterocycles. The Kier molecular flexibility index (Phi) is 5.78. The Morgan fingerprint density at radius 1 is 1.07 bits per heavy atom. The first-order valence-corrected chi connectivity index (χ1v) is 10.3. The van der Waals surface area contributed by atoms with Crippen LogP contribution in [-0.2, 0) is 0 Å². The smallest absolute Gasteiger partial charge is 0.276 e. The van der Waals surface area contributed by atoms with E-state index in [9.17, 15) is 9.59 Å². The average molecular weight is 397 g/mol. The summed E-state index contributed by atoms with van der Waals surface area (Å²) in [5, 5.41) is 11.4. The van der Waals surface area contributed by atoms with Crippen molar-refractivity contribution in [2.24, 2.45) is 0 Å². The van der Waals surface area contributed by atoms with Gasteiger partial charge in [-0.05, 0) is 62.8 Å². The van der Waals surface area contributed by atoms with E-state index in [0.29, 0.717) is 11.3 Å². The molecule has 8 nitrogen and oxygen atoms in total. The summed E-state index contributed by atoms with van der Waals surface area (Å²) in [5.74, 6) is 0.655. The number of aromatic nitrogens is 3. The first-order valence-electron chi connectivity index (χ1n) is 10.3. The fourth-order valence-corrected chi connectivity index (χ4v) is 4.13. The molecule has 2 amide bonds. The maximum atomic E-state index is 12.4. The Bertz CT molecular complexity index is 849. The summed E-state index contributed by atoms with van der Waals surface area (Å²) in [4.78, 5) is 26.7. The van der Waals surface area contributed by atoms with Gasteiger partial charge in [0.1, 0.15) is 5.75 Å². The summed E-state index contributed by atoms with van der Waals surface area (Å²) >= 11 is 0. The maximum absolute atomic E-state index is 12.4. The quantitative estimate of drug-likeness (QED) is 0.837. The van der Waals surface area contributed by atoms with E-state index in [0.717, 1.165) is 57.4 Å². The minimum Gasteiger partial charge on any atom is -0.497 e. The molecule has 2 heterocycles. The summed E-state index contributed by atoms with van der Waals surface area (Å²) in [6.07, 6.45) is 7.45. The maximum Gasteiger partial charge on any atom is 0.276 e. The molecule has 0 atom stereocenters. The average Bonchev–Trinajstić information content (AvgIpc) is 3.46. The van der Waals surface area contributed by atoms with Crippen LogP contribution in [0.25, 0.3) is 0 Å². The van der Waals surface area contributed by atoms with Crippen LogP contribution in [0.5, 0.6) is 5.75 Å². The van der Waals surface area contributed by atoms with Crippen LogP contribution in [0, 0.1) is 0 Å². The Morgan fingerprint density at radius 3 is 2.41 bits per heavy atom. The van der Waals surface area contributed by atoms with Crippen LogP contribution in [0.1, 0.15) is 65.4 Å². The number of methoxy groups -OCH3 is 1. The predicted octanol–water partition coefficient (Wildman–Crippen LogP) is 2.44. The van der Waals surface area contributed by atoms with Gasteiger partial charge in [0.25, 0.3) is 11.8 Å². The van der Waals surface area contributed by atoms with Gasteiger partial charge in [-0.3, -0.25) is 9.59 Å². The normalized spacial score (nSPS) is 21.8. The molecule has 8 heteroatoms. The third-order valence-corrected chi connectivity index (χ3v) is 5.88. The van der Waals surface area contributed by atoms with Crippen LogP contribution in [-0.4, -0.2) is 57.9 Å². The summed E-state index contributed by atoms with van der Waals surface area (Å²) in [6.45, 7) is 1.62. The molecule has 2 fully saturated rings. The van der Waals surface area contributed by atoms with Crippen molar-refractivity contribution >= 4 is 11.8 Å². The van der Waals surface area contributed by atoms with Crippen molar-refractivity contribution in [2.45, 2.75) is 50.6 Å². The van der Waals surface area contributed by atoms with Crippen LogP contribution in [0.15, 0.2) is 30.5 Å². The highest BCUT2D eigenvalue weighted by molar-refractivity contribution is 5.94. The Labute approximate surface area is 170 Å². The van der Waals surface area contributed by atoms with Crippen molar-refractivity contribution in [1.29, 1.82) is 0 Å². The number of carbonyl (C=O) groups excluding carboxylic acids is 2. The SMILES string of the molecule is COc1ccc(C(=O)N[C@H]2CC[C@@H](n3cc(C(=O)N4CCCC4)nn3)CC2)cc1. The third kappa shape index (κ3) is 4.41. The van der Waals surface area contributed by atoms with Gasteiger partial charge in [0.2, 0.25) is 0 Å². The summed E-state index contributed by atoms with van der Waals surface area (Å²) in [7, 11) is 1.61. The number of hydrogen-bond acceptors (Lipinski definition) is 5. The molecule has 2 aromatic rings. The van der Waals surface area contributed by atoms with E-state index in [1.165, 1.54) is 0 Å². The summed E-state index contributed by atoms with van der Waals surface area (Å²) in [6, 6.07) is 7.49. The Morgan fingerprint density at radius 2 is 1.76 bits per heavy atom. The van der Waals surface area contributed by atoms with E-state index in [-0.39, 0.29) is 23.9 Å². The van der Waals surface area contributed by atoms with Crippen LogP contribution in [0.4, 0.5) is 0 Å². The van der Waals surface area contributed by atoms with E-state index in [4.69, 9.17) is 4.74 Å². The molecule has 4 rings (SSSR count). The number of hydrogen-bond donors (Lipinski definition) is 1. The van der Waals surface area contributed by atoms with Crippen LogP contribution >= 0.6 is 0 Å². The molecule has 1 aromatic carbocycles. The van der Waals surface area contributed by atoms with Gasteiger partial charge in [-0.2, -0.15) is 0 Å². The molecular weight excluding hydrogens is 370 g/mol. The highest BCUT2D eigenvalue weighted by Gasteiger charge is 2.27. The zero-order valence-corrected chi connectivity index (χ0v) is 16.7. The van der Waals surface area contributed by atoms with Crippen molar-refractivity contribution < 1.29 is 14.3 Å². The van der Waals surface area contributed by atoms with Gasteiger partial charge in [-0.25, -0.2) is 4.68 Å². The zero-order valence-electron chi connectivity index (χ0n) is 16.7. The van der Waals surface area contributed by atoms with Crippen LogP contribution in [0.3, 0.4) is 0 Å². The molecular formula is C21H27N5O3. The molecule has 29 heavy (non-hydrogen) atoms. The van der Waals surface area contributed by atoms with Crippen LogP contribution in [0.2, 0.25) is 0 Å². The van der Waals surface area contributed by atoms with Crippen molar-refractivity contribution in [1.82, 2.24) is 25.2 Å². The lowest BCUT2D eigenvalue weighted by Crippen LogP contribution is -2.38. The number of rotatable bonds is 5. The third-order valence-electron chi connectivity index (χ3n) is 5.88. The number of benzene rings is 1. The van der Waals surface area contributed by atoms with E-state index in [1.54, 1.807) is 37.6 Å². The van der Waals surface area contributed by atoms with Crippen molar-refractivity contribution in [3.63, 3.8) is 0 Å². The van der Waals surface area contributed by atoms with Gasteiger partial charge in [0, 0.05) is 24.7 Å². The van der Waals surface area contributed by atoms with Gasteiger partial charge < -0.3 is 15.0 Å². The number of nitrogens with one attached hydrogen (secondary N) is 1. The lowest BCUT2D eigenvalue weighted by atomic mass is 9.91. The Hall–Kier alpha value is -2.90. The van der Waals surface area contributed by atoms with E-state index in [1.807, 2.05) is 9.58 Å². The van der Waals surface area contributed by atoms with Crippen LogP contribution < -0.4 is 10.1 Å². The highest BCUT2D eigenvalue weighted by atomic mass is 16.5. The van der Waals surface area contributed by atoms with E-state index < -0.39 is 0 Å². The molecule has 1 aliphatic carbocycles. The standard InChI is InChI=1S/C21H27N5O3/c1-29-18-10-4-15(5-11-18)20(27)22-16-6-8-17(9-7-16)26-14-19(23-24-26)21(28)25-12-2-3-13-25/h4-5,10-11,14,16-17H,2-3,6-9,12-13H2,1H3,(H,22,27)/t16-,17+. The second kappa shape index (κ2) is 8.63. The fraction of sp³-hybridized carbons (Fsp3) is 0.524. The fourth-order valence-electron chi connectivity index (χ4n) is 4.13. The van der Waals surface area contributed by atoms with Gasteiger partial charge in [-0.1, -0.05) is 5.21 Å². The van der Waals surface area contributed by atoms with Crippen molar-refractivity contribution in [2.75, 3.05) is 20.2 Å². The Balaban J connectivity index is 1.29. The molecule has 0 radical (unpaired) electrons. The van der Waals surface area contributed by atoms with E-state index >= 15 is 0 Å². The first kappa shape index (κ1) is 19.4. The minimum atomic E-state index is -0.0599. The molecule has 0 spiro atoms. The van der Waals surface area contributed by atoms with Gasteiger partial charge in [0.15, 0.2) is 5.69 Å². The topological polar surface area (TPSA) is 89.4 Å². The summed E-state index contributed by atoms with van der Waals surface area (Å²) in [5.41, 5.74) is 1.07. The number of nitrogens with zero attached hydrogens (tertiary/aromatic N) is 4. The first-order chi connectivity index (χ1) is 14.1. The number of carbonyl (C=O) groups is 2. The number of likely N-dealkylation sites (tertiary alicyclic amines) is 1. The molecule has 0 unspecified atom stereocenters. The van der Waals surface area contributed by atoms with Gasteiger partial charge in [0.05, 0.1) is 19.3 Å². The van der Waals surface area contributed by atoms with E-state index in [2.05, 4.69) is 15.6 Å². The molecule has 1 N–H and O–H groups in total. The van der Waals surface area contributed by atoms with Crippen molar-refractivity contribution in [3.05, 3.63) is 41.7 Å². The minimum absolute atomic E-state index is 0.0193. The predicted molar refractivity (Wildman–Crippen MR) is 107 cm³/mol. The lowest BCUT2D eigenvalue weighted by molar-refractivity contribution is 0.0786. The number of amides is 2. The van der Waals surface area contributed by atoms with Gasteiger partial charge in [-0.15, -0.1) is 5.10 Å². The largest absolute Gasteiger partial charge is 0.497 e. The molecule has 1 saturated heterocycles. The second-order valence-electron chi connectivity index (χ2n) is 7.79. The van der Waals surface area contributed by atoms with Crippen molar-refractivity contribution in [3.8, 4) is 5.75 Å². The molecule has 1 saturated carbocycles. The van der Waals surface area contributed by atoms with Gasteiger partial charge >= 0.3 is 0 Å². The monoisotopic (exact) mass is 397 g/mol.